The molecule has 0 aromatic heterocycles. The first-order chi connectivity index (χ1) is 12.8. The van der Waals surface area contributed by atoms with E-state index in [2.05, 4.69) is 32.0 Å². The first kappa shape index (κ1) is 24.2. The topological polar surface area (TPSA) is 0 Å². The van der Waals surface area contributed by atoms with Crippen LogP contribution in [0.15, 0.2) is 109 Å². The Morgan fingerprint density at radius 2 is 1.19 bits per heavy atom. The van der Waals surface area contributed by atoms with Crippen molar-refractivity contribution in [2.75, 3.05) is 0 Å². The van der Waals surface area contributed by atoms with Gasteiger partial charge in [0.1, 0.15) is 0 Å². The van der Waals surface area contributed by atoms with Crippen molar-refractivity contribution >= 4 is 6.88 Å². The summed E-state index contributed by atoms with van der Waals surface area (Å²) in [4.78, 5) is 0. The minimum Gasteiger partial charge on any atom is -0.214 e. The molecule has 0 N–H and O–H groups in total. The molecule has 4 rings (SSSR count). The molecule has 0 atom stereocenters. The van der Waals surface area contributed by atoms with E-state index in [4.69, 9.17) is 0 Å². The molecule has 0 nitrogen and oxygen atoms in total. The molecule has 0 unspecified atom stereocenters. The van der Waals surface area contributed by atoms with Crippen molar-refractivity contribution in [3.8, 4) is 0 Å². The van der Waals surface area contributed by atoms with E-state index in [0.717, 1.165) is 0 Å². The van der Waals surface area contributed by atoms with Gasteiger partial charge in [-0.15, -0.1) is 0 Å². The van der Waals surface area contributed by atoms with Gasteiger partial charge in [-0.2, -0.15) is 108 Å². The Morgan fingerprint density at radius 3 is 1.38 bits per heavy atom. The van der Waals surface area contributed by atoms with Gasteiger partial charge in [-0.1, -0.05) is 13.8 Å². The van der Waals surface area contributed by atoms with Crippen LogP contribution in [0.25, 0.3) is 0 Å². The molecule has 0 heterocycles. The average molecular weight is 434 g/mol. The summed E-state index contributed by atoms with van der Waals surface area (Å²) < 4.78 is 0. The summed E-state index contributed by atoms with van der Waals surface area (Å²) in [5, 5.41) is 0. The van der Waals surface area contributed by atoms with Gasteiger partial charge in [0.05, 0.1) is 0 Å². The summed E-state index contributed by atoms with van der Waals surface area (Å²) >= 11 is 1.58. The number of hydrogen-bond acceptors (Lipinski definition) is 0. The van der Waals surface area contributed by atoms with Crippen LogP contribution in [-0.2, 0) is 23.3 Å². The Morgan fingerprint density at radius 1 is 0.692 bits per heavy atom. The third kappa shape index (κ3) is 15.7. The van der Waals surface area contributed by atoms with E-state index < -0.39 is 0 Å². The molecule has 0 saturated carbocycles. The molecule has 26 heavy (non-hydrogen) atoms. The maximum Gasteiger partial charge on any atom is -0.171 e. The second kappa shape index (κ2) is 19.6. The van der Waals surface area contributed by atoms with Crippen LogP contribution in [0.2, 0.25) is 0 Å². The Kier molecular flexibility index (Phi) is 18.2. The van der Waals surface area contributed by atoms with Crippen LogP contribution >= 0.6 is 0 Å². The predicted octanol–water partition coefficient (Wildman–Crippen LogP) is 5.48. The smallest absolute Gasteiger partial charge is 0.171 e. The van der Waals surface area contributed by atoms with E-state index in [1.165, 1.54) is 11.1 Å². The van der Waals surface area contributed by atoms with Gasteiger partial charge < -0.3 is 0 Å². The van der Waals surface area contributed by atoms with Crippen molar-refractivity contribution in [2.45, 2.75) is 13.8 Å². The van der Waals surface area contributed by atoms with Gasteiger partial charge in [-0.3, -0.25) is 0 Å². The van der Waals surface area contributed by atoms with Crippen LogP contribution in [0.4, 0.5) is 0 Å². The second-order valence-electron chi connectivity index (χ2n) is 4.98. The van der Waals surface area contributed by atoms with Gasteiger partial charge in [0, 0.05) is 0 Å². The third-order valence-electron chi connectivity index (χ3n) is 3.05. The summed E-state index contributed by atoms with van der Waals surface area (Å²) in [5.74, 6) is 0. The minimum absolute atomic E-state index is 1.24. The molecule has 0 aliphatic rings. The van der Waals surface area contributed by atoms with Gasteiger partial charge in [0.15, 0.2) is 0 Å². The maximum absolute atomic E-state index is 3.10. The third-order valence-corrected chi connectivity index (χ3v) is 3.05. The molecular weight excluding hydrogens is 408 g/mol. The van der Waals surface area contributed by atoms with Crippen LogP contribution in [0.3, 0.4) is 0 Å². The van der Waals surface area contributed by atoms with Gasteiger partial charge >= 0.3 is 30.2 Å². The molecule has 0 saturated heterocycles. The van der Waals surface area contributed by atoms with Crippen molar-refractivity contribution < 1.29 is 23.3 Å². The average Bonchev–Trinajstić information content (AvgIpc) is 3.47. The Bertz CT molecular complexity index is 593. The normalized spacial score (nSPS) is 7.88. The van der Waals surface area contributed by atoms with Crippen LogP contribution in [0, 0.1) is 26.0 Å². The first-order valence-electron chi connectivity index (χ1n) is 8.34. The largest absolute Gasteiger partial charge is 0.214 e. The van der Waals surface area contributed by atoms with E-state index in [-0.39, 0.29) is 0 Å². The molecule has 4 aromatic rings. The SMILES string of the molecule is Cc1[c-]cccc1C.[SiH2]=[Zr].[c-]1ccccc1.c1cc[cH-]c1.c1cc[cH-]c1. The van der Waals surface area contributed by atoms with Crippen molar-refractivity contribution in [3.05, 3.63) is 132 Å². The molecule has 0 fully saturated rings. The van der Waals surface area contributed by atoms with Crippen LogP contribution in [0.5, 0.6) is 0 Å². The Balaban J connectivity index is 0.000000316. The predicted molar refractivity (Wildman–Crippen MR) is 113 cm³/mol. The number of benzene rings is 2. The van der Waals surface area contributed by atoms with Crippen LogP contribution in [0.1, 0.15) is 11.1 Å². The van der Waals surface area contributed by atoms with E-state index in [0.29, 0.717) is 0 Å². The number of hydrogen-bond donors (Lipinski definition) is 0. The number of rotatable bonds is 0. The molecule has 0 amide bonds. The Hall–Kier alpha value is -1.76. The zero-order valence-corrected chi connectivity index (χ0v) is 19.5. The molecule has 0 bridgehead atoms. The monoisotopic (exact) mass is 432 g/mol. The van der Waals surface area contributed by atoms with Gasteiger partial charge in [-0.05, 0) is 0 Å². The van der Waals surface area contributed by atoms with E-state index >= 15 is 0 Å². The first-order valence-corrected chi connectivity index (χ1v) is 14.3. The van der Waals surface area contributed by atoms with E-state index in [9.17, 15) is 0 Å². The maximum atomic E-state index is 3.10. The van der Waals surface area contributed by atoms with Crippen LogP contribution < -0.4 is 0 Å². The summed E-state index contributed by atoms with van der Waals surface area (Å²) in [6, 6.07) is 41.6. The van der Waals surface area contributed by atoms with Crippen molar-refractivity contribution in [3.63, 3.8) is 0 Å². The van der Waals surface area contributed by atoms with Crippen molar-refractivity contribution in [1.82, 2.24) is 0 Å². The molecule has 0 aliphatic carbocycles. The summed E-state index contributed by atoms with van der Waals surface area (Å²) in [7, 11) is 0. The molecule has 4 aromatic carbocycles. The van der Waals surface area contributed by atoms with Crippen molar-refractivity contribution in [2.24, 2.45) is 0 Å². The van der Waals surface area contributed by atoms with Gasteiger partial charge in [0.25, 0.3) is 0 Å². The minimum atomic E-state index is 1.24. The van der Waals surface area contributed by atoms with Crippen LogP contribution in [-0.4, -0.2) is 6.88 Å². The molecule has 0 spiro atoms. The fraction of sp³-hybridized carbons (Fsp3) is 0.0833. The summed E-state index contributed by atoms with van der Waals surface area (Å²) in [5.41, 5.74) is 2.56. The molecule has 2 heteroatoms. The fourth-order valence-electron chi connectivity index (χ4n) is 1.59. The van der Waals surface area contributed by atoms with Crippen molar-refractivity contribution in [1.29, 1.82) is 0 Å². The van der Waals surface area contributed by atoms with Gasteiger partial charge in [-0.25, -0.2) is 24.3 Å². The van der Waals surface area contributed by atoms with E-state index in [1.807, 2.05) is 110 Å². The zero-order chi connectivity index (χ0) is 19.3. The molecule has 0 aliphatic heterocycles. The van der Waals surface area contributed by atoms with Gasteiger partial charge in [0.2, 0.25) is 0 Å². The zero-order valence-electron chi connectivity index (χ0n) is 15.6. The number of aryl methyl sites for hydroxylation is 2. The molecular formula is C24H26SiZr-4. The Labute approximate surface area is 175 Å². The summed E-state index contributed by atoms with van der Waals surface area (Å²) in [6.45, 7) is 6.11. The molecule has 134 valence electrons. The second-order valence-corrected chi connectivity index (χ2v) is 4.98. The fourth-order valence-corrected chi connectivity index (χ4v) is 1.59. The molecule has 0 radical (unpaired) electrons. The van der Waals surface area contributed by atoms with E-state index in [1.54, 1.807) is 23.3 Å². The standard InChI is InChI=1S/C8H9.C6H5.2C5H5.H2Si.Zr/c1-7-5-3-4-6-8(7)2;1-2-4-6-5-3-1;2*1-2-4-5-3-1;;/h3-5H,1-2H3;1-5H;2*1-5H;1H2;/q4*-1;;. The summed E-state index contributed by atoms with van der Waals surface area (Å²) in [6.07, 6.45) is 0. The quantitative estimate of drug-likeness (QED) is 0.254.